The molecule has 0 radical (unpaired) electrons. The average Bonchev–Trinajstić information content (AvgIpc) is 3.49. The van der Waals surface area contributed by atoms with Crippen LogP contribution in [0.2, 0.25) is 0 Å². The summed E-state index contributed by atoms with van der Waals surface area (Å²) in [4.78, 5) is 29.7. The number of aromatic amines is 1. The Kier molecular flexibility index (Phi) is 3.37. The molecule has 0 unspecified atom stereocenters. The largest absolute Gasteiger partial charge is 0.343 e. The Morgan fingerprint density at radius 2 is 1.97 bits per heavy atom. The third-order valence-corrected chi connectivity index (χ3v) is 6.42. The fourth-order valence-corrected chi connectivity index (χ4v) is 5.05. The van der Waals surface area contributed by atoms with Gasteiger partial charge in [0.2, 0.25) is 5.91 Å². The summed E-state index contributed by atoms with van der Waals surface area (Å²) < 4.78 is 6.51. The molecule has 8 nitrogen and oxygen atoms in total. The molecule has 0 saturated carbocycles. The van der Waals surface area contributed by atoms with Crippen molar-refractivity contribution < 1.29 is 14.3 Å². The molecule has 1 spiro atoms. The standard InChI is InChI=1S/C21H19N5O3/c27-19-11-18-21(26(19)12-17(29-21)13-4-2-1-3-5-13)8-9-25(18)20(28)14-6-7-15-16(10-14)23-24-22-15/h1-7,10,17-18H,8-9,11-12H2,(H,22,23,24)/t17-,18-,21+/m1/s1. The second-order valence-corrected chi connectivity index (χ2v) is 7.86. The molecular formula is C21H19N5O3. The van der Waals surface area contributed by atoms with Gasteiger partial charge in [-0.15, -0.1) is 0 Å². The fraction of sp³-hybridized carbons (Fsp3) is 0.333. The van der Waals surface area contributed by atoms with Gasteiger partial charge in [-0.05, 0) is 23.8 Å². The SMILES string of the molecule is O=C(c1ccc2n[nH]nc2c1)N1CC[C@@]23O[C@@H](c4ccccc4)CN2C(=O)C[C@@H]13. The number of hydrogen-bond acceptors (Lipinski definition) is 5. The summed E-state index contributed by atoms with van der Waals surface area (Å²) in [6, 6.07) is 15.0. The predicted octanol–water partition coefficient (Wildman–Crippen LogP) is 1.87. The number of aromatic nitrogens is 3. The number of likely N-dealkylation sites (tertiary alicyclic amines) is 1. The van der Waals surface area contributed by atoms with Crippen LogP contribution in [0, 0.1) is 0 Å². The van der Waals surface area contributed by atoms with Crippen LogP contribution in [0.15, 0.2) is 48.5 Å². The maximum absolute atomic E-state index is 13.3. The van der Waals surface area contributed by atoms with Gasteiger partial charge in [0.25, 0.3) is 5.91 Å². The number of hydrogen-bond donors (Lipinski definition) is 1. The van der Waals surface area contributed by atoms with Gasteiger partial charge in [0, 0.05) is 18.5 Å². The van der Waals surface area contributed by atoms with Crippen molar-refractivity contribution in [2.45, 2.75) is 30.7 Å². The number of nitrogens with one attached hydrogen (secondary N) is 1. The van der Waals surface area contributed by atoms with E-state index in [9.17, 15) is 9.59 Å². The topological polar surface area (TPSA) is 91.4 Å². The highest BCUT2D eigenvalue weighted by atomic mass is 16.5. The molecule has 3 aliphatic rings. The zero-order valence-electron chi connectivity index (χ0n) is 15.6. The zero-order chi connectivity index (χ0) is 19.6. The van der Waals surface area contributed by atoms with Crippen LogP contribution in [0.1, 0.15) is 34.9 Å². The normalized spacial score (nSPS) is 28.2. The highest BCUT2D eigenvalue weighted by Gasteiger charge is 2.65. The van der Waals surface area contributed by atoms with Crippen molar-refractivity contribution in [3.05, 3.63) is 59.7 Å². The molecule has 1 N–H and O–H groups in total. The number of rotatable bonds is 2. The third kappa shape index (κ3) is 2.29. The Balaban J connectivity index is 1.31. The molecule has 146 valence electrons. The van der Waals surface area contributed by atoms with Crippen molar-refractivity contribution in [1.29, 1.82) is 0 Å². The number of carbonyl (C=O) groups excluding carboxylic acids is 2. The minimum Gasteiger partial charge on any atom is -0.343 e. The number of benzene rings is 2. The minimum atomic E-state index is -0.717. The van der Waals surface area contributed by atoms with E-state index in [2.05, 4.69) is 15.4 Å². The Hall–Kier alpha value is -3.26. The molecule has 2 aromatic carbocycles. The smallest absolute Gasteiger partial charge is 0.254 e. The van der Waals surface area contributed by atoms with E-state index in [1.54, 1.807) is 23.1 Å². The average molecular weight is 389 g/mol. The Labute approximate surface area is 166 Å². The summed E-state index contributed by atoms with van der Waals surface area (Å²) in [7, 11) is 0. The van der Waals surface area contributed by atoms with E-state index >= 15 is 0 Å². The summed E-state index contributed by atoms with van der Waals surface area (Å²) >= 11 is 0. The molecule has 2 amide bonds. The van der Waals surface area contributed by atoms with Crippen LogP contribution in [0.25, 0.3) is 11.0 Å². The van der Waals surface area contributed by atoms with E-state index in [1.165, 1.54) is 0 Å². The minimum absolute atomic E-state index is 0.0536. The molecule has 4 heterocycles. The van der Waals surface area contributed by atoms with Gasteiger partial charge in [-0.1, -0.05) is 30.3 Å². The van der Waals surface area contributed by atoms with E-state index in [0.29, 0.717) is 42.5 Å². The molecule has 8 heteroatoms. The predicted molar refractivity (Wildman–Crippen MR) is 103 cm³/mol. The molecule has 3 fully saturated rings. The highest BCUT2D eigenvalue weighted by Crippen LogP contribution is 2.50. The summed E-state index contributed by atoms with van der Waals surface area (Å²) in [5.74, 6) is -0.0453. The van der Waals surface area contributed by atoms with Crippen molar-refractivity contribution in [1.82, 2.24) is 25.2 Å². The molecule has 1 aromatic heterocycles. The van der Waals surface area contributed by atoms with Crippen LogP contribution in [-0.2, 0) is 9.53 Å². The number of amides is 2. The third-order valence-electron chi connectivity index (χ3n) is 6.42. The molecule has 3 aromatic rings. The Morgan fingerprint density at radius 3 is 2.83 bits per heavy atom. The van der Waals surface area contributed by atoms with Gasteiger partial charge in [0.05, 0.1) is 19.0 Å². The summed E-state index contributed by atoms with van der Waals surface area (Å²) in [6.45, 7) is 1.10. The highest BCUT2D eigenvalue weighted by molar-refractivity contribution is 5.98. The van der Waals surface area contributed by atoms with E-state index in [4.69, 9.17) is 4.74 Å². The van der Waals surface area contributed by atoms with Crippen molar-refractivity contribution in [2.75, 3.05) is 13.1 Å². The van der Waals surface area contributed by atoms with Crippen molar-refractivity contribution in [3.63, 3.8) is 0 Å². The van der Waals surface area contributed by atoms with Gasteiger partial charge in [0.15, 0.2) is 5.72 Å². The van der Waals surface area contributed by atoms with E-state index < -0.39 is 5.72 Å². The lowest BCUT2D eigenvalue weighted by Gasteiger charge is -2.32. The van der Waals surface area contributed by atoms with Gasteiger partial charge in [-0.3, -0.25) is 9.59 Å². The second-order valence-electron chi connectivity index (χ2n) is 7.86. The van der Waals surface area contributed by atoms with Gasteiger partial charge >= 0.3 is 0 Å². The van der Waals surface area contributed by atoms with Crippen LogP contribution < -0.4 is 0 Å². The van der Waals surface area contributed by atoms with Crippen LogP contribution >= 0.6 is 0 Å². The summed E-state index contributed by atoms with van der Waals surface area (Å²) in [5, 5.41) is 10.7. The molecule has 3 saturated heterocycles. The number of nitrogens with zero attached hydrogens (tertiary/aromatic N) is 4. The van der Waals surface area contributed by atoms with E-state index in [-0.39, 0.29) is 24.0 Å². The maximum Gasteiger partial charge on any atom is 0.254 e. The zero-order valence-corrected chi connectivity index (χ0v) is 15.6. The number of H-pyrrole nitrogens is 1. The number of ether oxygens (including phenoxy) is 1. The lowest BCUT2D eigenvalue weighted by atomic mass is 10.1. The maximum atomic E-state index is 13.3. The van der Waals surface area contributed by atoms with Gasteiger partial charge in [0.1, 0.15) is 17.1 Å². The molecule has 0 aliphatic carbocycles. The second kappa shape index (κ2) is 5.87. The molecular weight excluding hydrogens is 370 g/mol. The van der Waals surface area contributed by atoms with Crippen molar-refractivity contribution in [3.8, 4) is 0 Å². The Bertz CT molecular complexity index is 1130. The van der Waals surface area contributed by atoms with Crippen LogP contribution in [0.4, 0.5) is 0 Å². The molecule has 29 heavy (non-hydrogen) atoms. The van der Waals surface area contributed by atoms with E-state index in [1.807, 2.05) is 35.2 Å². The van der Waals surface area contributed by atoms with Crippen LogP contribution in [0.5, 0.6) is 0 Å². The Morgan fingerprint density at radius 1 is 1.14 bits per heavy atom. The van der Waals surface area contributed by atoms with Crippen molar-refractivity contribution >= 4 is 22.8 Å². The van der Waals surface area contributed by atoms with E-state index in [0.717, 1.165) is 5.56 Å². The fourth-order valence-electron chi connectivity index (χ4n) is 5.05. The monoisotopic (exact) mass is 389 g/mol. The molecule has 3 atom stereocenters. The van der Waals surface area contributed by atoms with Crippen molar-refractivity contribution in [2.24, 2.45) is 0 Å². The van der Waals surface area contributed by atoms with Crippen LogP contribution in [-0.4, -0.2) is 61.9 Å². The van der Waals surface area contributed by atoms with Gasteiger partial charge in [-0.2, -0.15) is 15.4 Å². The summed E-state index contributed by atoms with van der Waals surface area (Å²) in [6.07, 6.45) is 0.772. The lowest BCUT2D eigenvalue weighted by molar-refractivity contribution is -0.138. The quantitative estimate of drug-likeness (QED) is 0.723. The molecule has 0 bridgehead atoms. The summed E-state index contributed by atoms with van der Waals surface area (Å²) in [5.41, 5.74) is 2.25. The first-order valence-electron chi connectivity index (χ1n) is 9.80. The first-order chi connectivity index (χ1) is 14.2. The first kappa shape index (κ1) is 16.7. The number of carbonyl (C=O) groups is 2. The first-order valence-corrected chi connectivity index (χ1v) is 9.80. The van der Waals surface area contributed by atoms with Gasteiger partial charge < -0.3 is 14.5 Å². The molecule has 3 aliphatic heterocycles. The number of fused-ring (bicyclic) bond motifs is 1. The molecule has 6 rings (SSSR count). The van der Waals surface area contributed by atoms with Gasteiger partial charge in [-0.25, -0.2) is 0 Å². The lowest BCUT2D eigenvalue weighted by Crippen LogP contribution is -2.48. The van der Waals surface area contributed by atoms with Crippen LogP contribution in [0.3, 0.4) is 0 Å².